The van der Waals surface area contributed by atoms with Crippen LogP contribution in [0.15, 0.2) is 59.6 Å². The number of rotatable bonds is 7. The van der Waals surface area contributed by atoms with E-state index in [0.29, 0.717) is 24.7 Å². The Kier molecular flexibility index (Phi) is 5.91. The number of sulfonamides is 1. The summed E-state index contributed by atoms with van der Waals surface area (Å²) in [5.41, 5.74) is 4.34. The number of primary sulfonamides is 1. The van der Waals surface area contributed by atoms with E-state index in [1.807, 2.05) is 12.1 Å². The Labute approximate surface area is 165 Å². The zero-order valence-electron chi connectivity index (χ0n) is 15.8. The van der Waals surface area contributed by atoms with Crippen molar-refractivity contribution in [1.29, 1.82) is 0 Å². The summed E-state index contributed by atoms with van der Waals surface area (Å²) < 4.78 is 22.6. The molecular weight excluding hydrogens is 374 g/mol. The summed E-state index contributed by atoms with van der Waals surface area (Å²) in [7, 11) is -3.66. The van der Waals surface area contributed by atoms with Crippen LogP contribution in [0.5, 0.6) is 0 Å². The number of aryl methyl sites for hydroxylation is 1. The van der Waals surface area contributed by atoms with Crippen LogP contribution in [0.1, 0.15) is 16.7 Å². The Morgan fingerprint density at radius 2 is 1.79 bits per heavy atom. The fraction of sp³-hybridized carbons (Fsp3) is 0.200. The minimum absolute atomic E-state index is 0.113. The summed E-state index contributed by atoms with van der Waals surface area (Å²) in [5, 5.41) is 11.6. The van der Waals surface area contributed by atoms with Gasteiger partial charge in [-0.1, -0.05) is 24.3 Å². The third kappa shape index (κ3) is 5.05. The summed E-state index contributed by atoms with van der Waals surface area (Å²) in [5.74, 6) is 1.24. The van der Waals surface area contributed by atoms with E-state index in [1.165, 1.54) is 17.7 Å². The first-order valence-corrected chi connectivity index (χ1v) is 10.4. The van der Waals surface area contributed by atoms with Gasteiger partial charge in [0.15, 0.2) is 0 Å². The van der Waals surface area contributed by atoms with Crippen molar-refractivity contribution in [3.8, 4) is 0 Å². The Bertz CT molecular complexity index is 1070. The molecule has 1 heterocycles. The number of benzene rings is 2. The highest BCUT2D eigenvalue weighted by atomic mass is 32.2. The van der Waals surface area contributed by atoms with Gasteiger partial charge in [0, 0.05) is 18.4 Å². The monoisotopic (exact) mass is 397 g/mol. The lowest BCUT2D eigenvalue weighted by Gasteiger charge is -2.11. The van der Waals surface area contributed by atoms with E-state index in [1.54, 1.807) is 24.4 Å². The maximum Gasteiger partial charge on any atom is 0.238 e. The molecule has 7 nitrogen and oxygen atoms in total. The van der Waals surface area contributed by atoms with Crippen molar-refractivity contribution in [3.05, 3.63) is 71.4 Å². The molecule has 0 atom stereocenters. The van der Waals surface area contributed by atoms with Crippen LogP contribution in [0.2, 0.25) is 0 Å². The van der Waals surface area contributed by atoms with Gasteiger partial charge in [-0.3, -0.25) is 0 Å². The predicted molar refractivity (Wildman–Crippen MR) is 111 cm³/mol. The SMILES string of the molecule is Cc1cccc(Nc2nccc(NCCc3ccc(S(N)(=O)=O)cc3)n2)c1C. The highest BCUT2D eigenvalue weighted by Gasteiger charge is 2.07. The second-order valence-corrected chi connectivity index (χ2v) is 8.07. The minimum atomic E-state index is -3.66. The van der Waals surface area contributed by atoms with Crippen molar-refractivity contribution in [1.82, 2.24) is 9.97 Å². The zero-order valence-corrected chi connectivity index (χ0v) is 16.6. The molecule has 3 aromatic rings. The lowest BCUT2D eigenvalue weighted by atomic mass is 10.1. The van der Waals surface area contributed by atoms with Gasteiger partial charge in [-0.2, -0.15) is 4.98 Å². The first-order valence-electron chi connectivity index (χ1n) is 8.85. The maximum absolute atomic E-state index is 11.3. The number of nitrogens with one attached hydrogen (secondary N) is 2. The number of nitrogens with two attached hydrogens (primary N) is 1. The Morgan fingerprint density at radius 1 is 1.04 bits per heavy atom. The molecule has 0 radical (unpaired) electrons. The largest absolute Gasteiger partial charge is 0.370 e. The van der Waals surface area contributed by atoms with E-state index in [-0.39, 0.29) is 4.90 Å². The Balaban J connectivity index is 1.60. The lowest BCUT2D eigenvalue weighted by molar-refractivity contribution is 0.598. The number of hydrogen-bond donors (Lipinski definition) is 3. The van der Waals surface area contributed by atoms with Crippen LogP contribution in [0.4, 0.5) is 17.5 Å². The van der Waals surface area contributed by atoms with Crippen LogP contribution >= 0.6 is 0 Å². The van der Waals surface area contributed by atoms with Crippen molar-refractivity contribution in [2.75, 3.05) is 17.2 Å². The van der Waals surface area contributed by atoms with Crippen molar-refractivity contribution < 1.29 is 8.42 Å². The molecule has 8 heteroatoms. The molecule has 3 rings (SSSR count). The molecule has 0 amide bonds. The second-order valence-electron chi connectivity index (χ2n) is 6.50. The van der Waals surface area contributed by atoms with E-state index in [4.69, 9.17) is 5.14 Å². The first-order chi connectivity index (χ1) is 13.3. The smallest absolute Gasteiger partial charge is 0.238 e. The second kappa shape index (κ2) is 8.37. The topological polar surface area (TPSA) is 110 Å². The number of nitrogens with zero attached hydrogens (tertiary/aromatic N) is 2. The van der Waals surface area contributed by atoms with E-state index in [2.05, 4.69) is 40.5 Å². The van der Waals surface area contributed by atoms with Crippen molar-refractivity contribution in [2.24, 2.45) is 5.14 Å². The van der Waals surface area contributed by atoms with Gasteiger partial charge >= 0.3 is 0 Å². The Hall–Kier alpha value is -2.97. The van der Waals surface area contributed by atoms with E-state index < -0.39 is 10.0 Å². The Morgan fingerprint density at radius 3 is 2.50 bits per heavy atom. The molecule has 4 N–H and O–H groups in total. The summed E-state index contributed by atoms with van der Waals surface area (Å²) in [6, 6.07) is 14.4. The average molecular weight is 398 g/mol. The van der Waals surface area contributed by atoms with Crippen LogP contribution in [0.25, 0.3) is 0 Å². The van der Waals surface area contributed by atoms with E-state index in [9.17, 15) is 8.42 Å². The minimum Gasteiger partial charge on any atom is -0.370 e. The summed E-state index contributed by atoms with van der Waals surface area (Å²) in [6.07, 6.45) is 2.42. The first kappa shape index (κ1) is 19.8. The van der Waals surface area contributed by atoms with Gasteiger partial charge in [0.1, 0.15) is 5.82 Å². The molecule has 0 saturated carbocycles. The van der Waals surface area contributed by atoms with Crippen molar-refractivity contribution in [3.63, 3.8) is 0 Å². The van der Waals surface area contributed by atoms with Crippen LogP contribution < -0.4 is 15.8 Å². The molecule has 28 heavy (non-hydrogen) atoms. The molecule has 0 saturated heterocycles. The van der Waals surface area contributed by atoms with Gasteiger partial charge < -0.3 is 10.6 Å². The average Bonchev–Trinajstić information content (AvgIpc) is 2.66. The van der Waals surface area contributed by atoms with Gasteiger partial charge in [0.05, 0.1) is 4.90 Å². The zero-order chi connectivity index (χ0) is 20.1. The standard InChI is InChI=1S/C20H23N5O2S/c1-14-4-3-5-18(15(14)2)24-20-23-13-11-19(25-20)22-12-10-16-6-8-17(9-7-16)28(21,26)27/h3-9,11,13H,10,12H2,1-2H3,(H2,21,26,27)(H2,22,23,24,25). The molecule has 2 aromatic carbocycles. The summed E-state index contributed by atoms with van der Waals surface area (Å²) in [6.45, 7) is 4.77. The molecule has 146 valence electrons. The van der Waals surface area contributed by atoms with Crippen LogP contribution in [0, 0.1) is 13.8 Å². The molecule has 0 aliphatic rings. The quantitative estimate of drug-likeness (QED) is 0.565. The lowest BCUT2D eigenvalue weighted by Crippen LogP contribution is -2.12. The molecule has 0 spiro atoms. The molecule has 0 aliphatic heterocycles. The van der Waals surface area contributed by atoms with Crippen LogP contribution in [0.3, 0.4) is 0 Å². The third-order valence-electron chi connectivity index (χ3n) is 4.48. The molecule has 1 aromatic heterocycles. The van der Waals surface area contributed by atoms with Gasteiger partial charge in [-0.15, -0.1) is 0 Å². The van der Waals surface area contributed by atoms with E-state index in [0.717, 1.165) is 16.8 Å². The summed E-state index contributed by atoms with van der Waals surface area (Å²) in [4.78, 5) is 8.87. The highest BCUT2D eigenvalue weighted by molar-refractivity contribution is 7.89. The number of anilines is 3. The molecule has 0 unspecified atom stereocenters. The third-order valence-corrected chi connectivity index (χ3v) is 5.41. The van der Waals surface area contributed by atoms with Crippen molar-refractivity contribution >= 4 is 27.5 Å². The van der Waals surface area contributed by atoms with Gasteiger partial charge in [-0.05, 0) is 61.2 Å². The summed E-state index contributed by atoms with van der Waals surface area (Å²) >= 11 is 0. The van der Waals surface area contributed by atoms with Gasteiger partial charge in [-0.25, -0.2) is 18.5 Å². The highest BCUT2D eigenvalue weighted by Crippen LogP contribution is 2.21. The molecular formula is C20H23N5O2S. The van der Waals surface area contributed by atoms with Gasteiger partial charge in [0.2, 0.25) is 16.0 Å². The molecule has 0 aliphatic carbocycles. The van der Waals surface area contributed by atoms with E-state index >= 15 is 0 Å². The van der Waals surface area contributed by atoms with Crippen LogP contribution in [-0.2, 0) is 16.4 Å². The normalized spacial score (nSPS) is 11.2. The number of hydrogen-bond acceptors (Lipinski definition) is 6. The molecule has 0 bridgehead atoms. The fourth-order valence-corrected chi connectivity index (χ4v) is 3.22. The molecule has 0 fully saturated rings. The maximum atomic E-state index is 11.3. The van der Waals surface area contributed by atoms with Crippen molar-refractivity contribution in [2.45, 2.75) is 25.2 Å². The number of aromatic nitrogens is 2. The van der Waals surface area contributed by atoms with Crippen LogP contribution in [-0.4, -0.2) is 24.9 Å². The fourth-order valence-electron chi connectivity index (χ4n) is 2.71. The predicted octanol–water partition coefficient (Wildman–Crippen LogP) is 3.14. The van der Waals surface area contributed by atoms with Gasteiger partial charge in [0.25, 0.3) is 0 Å².